The van der Waals surface area contributed by atoms with Gasteiger partial charge in [0.05, 0.1) is 18.4 Å². The molecule has 12 atom stereocenters. The van der Waals surface area contributed by atoms with Gasteiger partial charge in [-0.15, -0.1) is 11.3 Å². The van der Waals surface area contributed by atoms with Gasteiger partial charge in [-0.05, 0) is 37.0 Å². The van der Waals surface area contributed by atoms with Crippen LogP contribution in [0.3, 0.4) is 0 Å². The number of ether oxygens (including phenoxy) is 6. The molecular formula is C26H39FN2O15P2S2. The second-order valence-corrected chi connectivity index (χ2v) is 17.2. The van der Waals surface area contributed by atoms with E-state index in [1.54, 1.807) is 33.1 Å². The molecule has 0 saturated carbocycles. The second-order valence-electron chi connectivity index (χ2n) is 12.0. The van der Waals surface area contributed by atoms with E-state index in [9.17, 15) is 28.7 Å². The molecular weight excluding hydrogens is 725 g/mol. The molecule has 0 radical (unpaired) electrons. The number of carbonyl (C=O) groups is 3. The number of esters is 2. The number of alkyl halides is 1. The van der Waals surface area contributed by atoms with Crippen LogP contribution in [0.2, 0.25) is 0 Å². The minimum absolute atomic E-state index is 0.105. The summed E-state index contributed by atoms with van der Waals surface area (Å²) in [7, 11) is -5.38. The van der Waals surface area contributed by atoms with Crippen LogP contribution in [-0.4, -0.2) is 89.6 Å². The van der Waals surface area contributed by atoms with Gasteiger partial charge >= 0.3 is 26.5 Å². The number of primary amides is 1. The lowest BCUT2D eigenvalue weighted by Gasteiger charge is -2.44. The quantitative estimate of drug-likeness (QED) is 0.167. The van der Waals surface area contributed by atoms with Crippen LogP contribution < -0.4 is 11.5 Å². The summed E-state index contributed by atoms with van der Waals surface area (Å²) in [6.45, 7) is 2.85. The van der Waals surface area contributed by atoms with E-state index in [2.05, 4.69) is 0 Å². The molecule has 17 nitrogen and oxygen atoms in total. The molecule has 0 aromatic carbocycles. The van der Waals surface area contributed by atoms with E-state index in [1.165, 1.54) is 0 Å². The second kappa shape index (κ2) is 14.9. The number of fused-ring (bicyclic) bond motifs is 1. The summed E-state index contributed by atoms with van der Waals surface area (Å²) < 4.78 is 77.2. The third kappa shape index (κ3) is 9.17. The molecule has 1 aromatic heterocycles. The molecule has 6 N–H and O–H groups in total. The molecule has 1 amide bonds. The average Bonchev–Trinajstić information content (AvgIpc) is 3.59. The van der Waals surface area contributed by atoms with Crippen molar-refractivity contribution in [3.05, 3.63) is 15.8 Å². The number of hydrogen-bond acceptors (Lipinski definition) is 16. The van der Waals surface area contributed by atoms with Gasteiger partial charge < -0.3 is 54.2 Å². The Morgan fingerprint density at radius 3 is 2.35 bits per heavy atom. The van der Waals surface area contributed by atoms with Crippen molar-refractivity contribution in [2.75, 3.05) is 18.9 Å². The first kappa shape index (κ1) is 39.2. The van der Waals surface area contributed by atoms with E-state index >= 15 is 4.39 Å². The summed E-state index contributed by atoms with van der Waals surface area (Å²) in [6.07, 6.45) is -9.79. The zero-order chi connectivity index (χ0) is 35.9. The van der Waals surface area contributed by atoms with Gasteiger partial charge in [0.15, 0.2) is 18.1 Å². The van der Waals surface area contributed by atoms with Gasteiger partial charge in [0.2, 0.25) is 6.29 Å². The van der Waals surface area contributed by atoms with E-state index < -0.39 is 112 Å². The monoisotopic (exact) mass is 764 g/mol. The predicted octanol–water partition coefficient (Wildman–Crippen LogP) is 2.59. The standard InChI is InChI=1S/C26H39FN2O15P2S2/c1-10-11(2)19(38-13(4)31)25(40-18(10)15(27)7-36-12(3)30)43-45(33,34)44-46(35,47)37-8-16-21-22(42-26(5,6)41-21)20(39-16)14-9-48-23(17(14)28)24(29)32/h9-11,15-16,18-22,25H,7-8,28H2,1-6H3,(H2,29,32)(H,33,34)(H,35,47)/t10-,11-,15-,16+,18?,19?,20-,21-,22?,25-,46?/m0/s1. The Hall–Kier alpha value is -1.64. The molecule has 3 fully saturated rings. The van der Waals surface area contributed by atoms with Gasteiger partial charge in [-0.1, -0.05) is 13.8 Å². The first-order valence-electron chi connectivity index (χ1n) is 14.6. The van der Waals surface area contributed by atoms with Crippen LogP contribution in [0.1, 0.15) is 62.9 Å². The number of nitrogen functional groups attached to an aromatic ring is 1. The summed E-state index contributed by atoms with van der Waals surface area (Å²) in [5.41, 5.74) is 12.1. The lowest BCUT2D eigenvalue weighted by molar-refractivity contribution is -0.262. The normalized spacial score (nSPS) is 34.4. The largest absolute Gasteiger partial charge is 0.481 e. The van der Waals surface area contributed by atoms with Crippen LogP contribution in [0.5, 0.6) is 0 Å². The lowest BCUT2D eigenvalue weighted by atomic mass is 9.82. The lowest BCUT2D eigenvalue weighted by Crippen LogP contribution is -2.55. The van der Waals surface area contributed by atoms with E-state index in [1.807, 2.05) is 0 Å². The molecule has 0 bridgehead atoms. The topological polar surface area (TPSA) is 244 Å². The number of rotatable bonds is 13. The molecule has 0 aliphatic carbocycles. The highest BCUT2D eigenvalue weighted by molar-refractivity contribution is 8.08. The molecule has 3 saturated heterocycles. The van der Waals surface area contributed by atoms with Crippen LogP contribution in [0.25, 0.3) is 0 Å². The summed E-state index contributed by atoms with van der Waals surface area (Å²) >= 11 is 6.00. The van der Waals surface area contributed by atoms with Crippen molar-refractivity contribution in [3.8, 4) is 0 Å². The Balaban J connectivity index is 1.46. The summed E-state index contributed by atoms with van der Waals surface area (Å²) in [5.74, 6) is -4.67. The van der Waals surface area contributed by atoms with Gasteiger partial charge in [-0.2, -0.15) is 0 Å². The number of halogens is 1. The number of hydrogen-bond donors (Lipinski definition) is 4. The Labute approximate surface area is 284 Å². The molecule has 5 unspecified atom stereocenters. The number of anilines is 1. The maximum atomic E-state index is 15.1. The zero-order valence-electron chi connectivity index (χ0n) is 26.7. The van der Waals surface area contributed by atoms with Crippen molar-refractivity contribution in [2.45, 2.75) is 96.4 Å². The van der Waals surface area contributed by atoms with Crippen molar-refractivity contribution in [1.29, 1.82) is 0 Å². The van der Waals surface area contributed by atoms with Crippen molar-refractivity contribution in [1.82, 2.24) is 0 Å². The maximum absolute atomic E-state index is 15.1. The average molecular weight is 765 g/mol. The molecule has 1 aromatic rings. The Kier molecular flexibility index (Phi) is 12.2. The highest BCUT2D eigenvalue weighted by Crippen LogP contribution is 2.62. The van der Waals surface area contributed by atoms with Crippen LogP contribution >= 0.6 is 25.9 Å². The molecule has 4 heterocycles. The maximum Gasteiger partial charge on any atom is 0.481 e. The zero-order valence-corrected chi connectivity index (χ0v) is 30.1. The Morgan fingerprint density at radius 2 is 1.77 bits per heavy atom. The summed E-state index contributed by atoms with van der Waals surface area (Å²) in [4.78, 5) is 56.3. The first-order valence-corrected chi connectivity index (χ1v) is 19.6. The number of nitrogens with two attached hydrogens (primary N) is 2. The fourth-order valence-corrected chi connectivity index (χ4v) is 9.64. The van der Waals surface area contributed by atoms with Crippen LogP contribution in [0.15, 0.2) is 5.38 Å². The number of thiophene rings is 1. The summed E-state index contributed by atoms with van der Waals surface area (Å²) in [5, 5.41) is 1.60. The Bertz CT molecular complexity index is 1480. The third-order valence-electron chi connectivity index (χ3n) is 7.91. The number of carbonyl (C=O) groups excluding carboxylic acids is 3. The van der Waals surface area contributed by atoms with Crippen molar-refractivity contribution >= 4 is 61.2 Å². The van der Waals surface area contributed by atoms with Crippen molar-refractivity contribution < 1.29 is 74.9 Å². The smallest absolute Gasteiger partial charge is 0.463 e. The molecule has 48 heavy (non-hydrogen) atoms. The highest BCUT2D eigenvalue weighted by Gasteiger charge is 2.57. The predicted molar refractivity (Wildman–Crippen MR) is 167 cm³/mol. The SMILES string of the molecule is CC(=O)OC[C@H](F)C1O[C@@H](OP(=O)(O)OP(O)(=S)OC[C@H]2O[C@@H](c3csc(C(N)=O)c3N)C3OC(C)(C)O[C@H]32)C(OC(C)=O)[C@@H](C)[C@@H]1C. The highest BCUT2D eigenvalue weighted by atomic mass is 32.5. The van der Waals surface area contributed by atoms with E-state index in [0.717, 1.165) is 25.2 Å². The van der Waals surface area contributed by atoms with Gasteiger partial charge in [0, 0.05) is 25.3 Å². The molecule has 22 heteroatoms. The minimum atomic E-state index is -5.38. The van der Waals surface area contributed by atoms with Crippen LogP contribution in [0, 0.1) is 11.8 Å². The fourth-order valence-electron chi connectivity index (χ4n) is 5.68. The van der Waals surface area contributed by atoms with Gasteiger partial charge in [0.1, 0.15) is 35.9 Å². The Morgan fingerprint density at radius 1 is 1.12 bits per heavy atom. The third-order valence-corrected chi connectivity index (χ3v) is 12.5. The summed E-state index contributed by atoms with van der Waals surface area (Å²) in [6, 6.07) is 0. The number of phosphoric ester groups is 1. The van der Waals surface area contributed by atoms with E-state index in [-0.39, 0.29) is 10.6 Å². The van der Waals surface area contributed by atoms with Crippen molar-refractivity contribution in [3.63, 3.8) is 0 Å². The molecule has 0 spiro atoms. The first-order chi connectivity index (χ1) is 22.1. The van der Waals surface area contributed by atoms with Crippen LogP contribution in [-0.2, 0) is 67.7 Å². The van der Waals surface area contributed by atoms with Gasteiger partial charge in [0.25, 0.3) is 5.91 Å². The molecule has 3 aliphatic rings. The number of phosphoric acid groups is 1. The minimum Gasteiger partial charge on any atom is -0.463 e. The van der Waals surface area contributed by atoms with Gasteiger partial charge in [-0.25, -0.2) is 13.3 Å². The van der Waals surface area contributed by atoms with E-state index in [4.69, 9.17) is 65.1 Å². The molecule has 272 valence electrons. The van der Waals surface area contributed by atoms with E-state index in [0.29, 0.717) is 5.56 Å². The molecule has 4 rings (SSSR count). The van der Waals surface area contributed by atoms with Crippen molar-refractivity contribution in [2.24, 2.45) is 17.6 Å². The van der Waals surface area contributed by atoms with Crippen LogP contribution in [0.4, 0.5) is 10.1 Å². The number of amides is 1. The fraction of sp³-hybridized carbons (Fsp3) is 0.731. The van der Waals surface area contributed by atoms with Gasteiger partial charge in [-0.3, -0.25) is 18.9 Å². The molecule has 3 aliphatic heterocycles.